The number of amides is 3. The lowest BCUT2D eigenvalue weighted by molar-refractivity contribution is -0.121. The van der Waals surface area contributed by atoms with Crippen LogP contribution in [0.15, 0.2) is 66.7 Å². The van der Waals surface area contributed by atoms with Crippen LogP contribution in [-0.2, 0) is 9.59 Å². The van der Waals surface area contributed by atoms with Crippen molar-refractivity contribution in [2.75, 3.05) is 11.9 Å². The summed E-state index contributed by atoms with van der Waals surface area (Å²) in [4.78, 5) is 36.1. The van der Waals surface area contributed by atoms with Crippen LogP contribution in [0.25, 0.3) is 10.8 Å². The number of nitrogens with one attached hydrogen (secondary N) is 4. The van der Waals surface area contributed by atoms with Crippen LogP contribution in [0, 0.1) is 5.92 Å². The number of carbonyl (C=O) groups excluding carboxylic acids is 3. The van der Waals surface area contributed by atoms with E-state index in [-0.39, 0.29) is 23.5 Å². The molecule has 0 aromatic heterocycles. The zero-order chi connectivity index (χ0) is 23.2. The van der Waals surface area contributed by atoms with E-state index in [9.17, 15) is 14.4 Å². The highest BCUT2D eigenvalue weighted by Crippen LogP contribution is 2.30. The molecular weight excluding hydrogens is 440 g/mol. The SMILES string of the molecule is O=C(COc1ccc2ccccc2c1)NC(=S)NNC(=O)c1ccc(NC(=O)C2CC2)cc1. The van der Waals surface area contributed by atoms with Crippen LogP contribution in [0.4, 0.5) is 5.69 Å². The molecule has 0 unspecified atom stereocenters. The van der Waals surface area contributed by atoms with E-state index in [1.54, 1.807) is 30.3 Å². The van der Waals surface area contributed by atoms with Crippen molar-refractivity contribution in [3.8, 4) is 5.75 Å². The highest BCUT2D eigenvalue weighted by molar-refractivity contribution is 7.80. The summed E-state index contributed by atoms with van der Waals surface area (Å²) in [5.74, 6) is -0.247. The fraction of sp³-hybridized carbons (Fsp3) is 0.167. The second-order valence-corrected chi connectivity index (χ2v) is 8.00. The van der Waals surface area contributed by atoms with Gasteiger partial charge in [-0.05, 0) is 72.2 Å². The Morgan fingerprint density at radius 1 is 0.909 bits per heavy atom. The van der Waals surface area contributed by atoms with Gasteiger partial charge in [0.2, 0.25) is 5.91 Å². The standard InChI is InChI=1S/C24H22N4O4S/c29-21(14-32-20-12-9-15-3-1-2-4-18(15)13-20)26-24(33)28-27-23(31)17-7-10-19(11-8-17)25-22(30)16-5-6-16/h1-4,7-13,16H,5-6,14H2,(H,25,30)(H,27,31)(H2,26,28,29,33). The lowest BCUT2D eigenvalue weighted by Crippen LogP contribution is -2.49. The molecule has 0 heterocycles. The van der Waals surface area contributed by atoms with Crippen LogP contribution < -0.4 is 26.2 Å². The molecule has 3 amide bonds. The van der Waals surface area contributed by atoms with Crippen molar-refractivity contribution in [1.82, 2.24) is 16.2 Å². The molecule has 8 nitrogen and oxygen atoms in total. The topological polar surface area (TPSA) is 109 Å². The lowest BCUT2D eigenvalue weighted by Gasteiger charge is -2.12. The molecule has 168 valence electrons. The Bertz CT molecular complexity index is 1210. The highest BCUT2D eigenvalue weighted by Gasteiger charge is 2.29. The van der Waals surface area contributed by atoms with Crippen LogP contribution >= 0.6 is 12.2 Å². The Labute approximate surface area is 195 Å². The molecule has 0 bridgehead atoms. The first-order chi connectivity index (χ1) is 16.0. The van der Waals surface area contributed by atoms with Crippen molar-refractivity contribution < 1.29 is 19.1 Å². The van der Waals surface area contributed by atoms with Gasteiger partial charge in [0.1, 0.15) is 5.75 Å². The minimum atomic E-state index is -0.467. The lowest BCUT2D eigenvalue weighted by atomic mass is 10.1. The number of hydrogen-bond acceptors (Lipinski definition) is 5. The maximum atomic E-state index is 12.2. The van der Waals surface area contributed by atoms with E-state index >= 15 is 0 Å². The van der Waals surface area contributed by atoms with Crippen molar-refractivity contribution in [1.29, 1.82) is 0 Å². The molecule has 9 heteroatoms. The third kappa shape index (κ3) is 6.27. The molecule has 0 saturated heterocycles. The number of hydrogen-bond donors (Lipinski definition) is 4. The monoisotopic (exact) mass is 462 g/mol. The van der Waals surface area contributed by atoms with Crippen LogP contribution in [-0.4, -0.2) is 29.4 Å². The van der Waals surface area contributed by atoms with Crippen molar-refractivity contribution in [2.45, 2.75) is 12.8 Å². The first-order valence-electron chi connectivity index (χ1n) is 10.4. The summed E-state index contributed by atoms with van der Waals surface area (Å²) in [5, 5.41) is 7.26. The number of rotatable bonds is 6. The van der Waals surface area contributed by atoms with Gasteiger partial charge < -0.3 is 10.1 Å². The molecule has 4 rings (SSSR count). The average Bonchev–Trinajstić information content (AvgIpc) is 3.67. The van der Waals surface area contributed by atoms with E-state index in [2.05, 4.69) is 21.5 Å². The van der Waals surface area contributed by atoms with Crippen molar-refractivity contribution in [3.05, 3.63) is 72.3 Å². The van der Waals surface area contributed by atoms with Gasteiger partial charge >= 0.3 is 0 Å². The summed E-state index contributed by atoms with van der Waals surface area (Å²) in [6, 6.07) is 19.9. The molecule has 3 aromatic rings. The molecule has 0 atom stereocenters. The number of thiocarbonyl (C=S) groups is 1. The smallest absolute Gasteiger partial charge is 0.269 e. The van der Waals surface area contributed by atoms with E-state index in [1.165, 1.54) is 0 Å². The number of benzene rings is 3. The van der Waals surface area contributed by atoms with Gasteiger partial charge in [0.05, 0.1) is 0 Å². The number of hydrazine groups is 1. The highest BCUT2D eigenvalue weighted by atomic mass is 32.1. The third-order valence-corrected chi connectivity index (χ3v) is 5.20. The predicted molar refractivity (Wildman–Crippen MR) is 129 cm³/mol. The number of ether oxygens (including phenoxy) is 1. The van der Waals surface area contributed by atoms with Gasteiger partial charge in [-0.3, -0.25) is 30.6 Å². The number of fused-ring (bicyclic) bond motifs is 1. The molecular formula is C24H22N4O4S. The fourth-order valence-corrected chi connectivity index (χ4v) is 3.25. The van der Waals surface area contributed by atoms with Crippen LogP contribution in [0.2, 0.25) is 0 Å². The third-order valence-electron chi connectivity index (χ3n) is 5.00. The van der Waals surface area contributed by atoms with Gasteiger partial charge in [0.15, 0.2) is 11.7 Å². The summed E-state index contributed by atoms with van der Waals surface area (Å²) >= 11 is 5.03. The van der Waals surface area contributed by atoms with Crippen LogP contribution in [0.1, 0.15) is 23.2 Å². The average molecular weight is 463 g/mol. The largest absolute Gasteiger partial charge is 0.484 e. The minimum Gasteiger partial charge on any atom is -0.484 e. The zero-order valence-corrected chi connectivity index (χ0v) is 18.4. The van der Waals surface area contributed by atoms with Crippen LogP contribution in [0.5, 0.6) is 5.75 Å². The molecule has 33 heavy (non-hydrogen) atoms. The quantitative estimate of drug-likeness (QED) is 0.331. The van der Waals surface area contributed by atoms with Crippen LogP contribution in [0.3, 0.4) is 0 Å². The molecule has 4 N–H and O–H groups in total. The first-order valence-corrected chi connectivity index (χ1v) is 10.8. The Hall–Kier alpha value is -3.98. The maximum absolute atomic E-state index is 12.2. The first kappa shape index (κ1) is 22.2. The normalized spacial score (nSPS) is 12.5. The van der Waals surface area contributed by atoms with Gasteiger partial charge in [0.25, 0.3) is 11.8 Å². The van der Waals surface area contributed by atoms with E-state index in [4.69, 9.17) is 17.0 Å². The predicted octanol–water partition coefficient (Wildman–Crippen LogP) is 2.90. The van der Waals surface area contributed by atoms with Gasteiger partial charge in [-0.15, -0.1) is 0 Å². The van der Waals surface area contributed by atoms with Gasteiger partial charge in [0, 0.05) is 17.2 Å². The van der Waals surface area contributed by atoms with Gasteiger partial charge in [-0.2, -0.15) is 0 Å². The second kappa shape index (κ2) is 10.1. The Morgan fingerprint density at radius 3 is 2.36 bits per heavy atom. The summed E-state index contributed by atoms with van der Waals surface area (Å²) in [5.41, 5.74) is 5.88. The summed E-state index contributed by atoms with van der Waals surface area (Å²) < 4.78 is 5.51. The molecule has 0 aliphatic heterocycles. The van der Waals surface area contributed by atoms with E-state index in [0.29, 0.717) is 17.0 Å². The molecule has 1 fully saturated rings. The van der Waals surface area contributed by atoms with Crippen molar-refractivity contribution in [3.63, 3.8) is 0 Å². The molecule has 1 aliphatic carbocycles. The molecule has 0 spiro atoms. The van der Waals surface area contributed by atoms with E-state index in [1.807, 2.05) is 36.4 Å². The Morgan fingerprint density at radius 2 is 1.64 bits per heavy atom. The second-order valence-electron chi connectivity index (χ2n) is 7.59. The molecule has 1 aliphatic rings. The van der Waals surface area contributed by atoms with Crippen molar-refractivity contribution >= 4 is 51.5 Å². The zero-order valence-electron chi connectivity index (χ0n) is 17.6. The minimum absolute atomic E-state index is 0.000413. The number of anilines is 1. The van der Waals surface area contributed by atoms with Gasteiger partial charge in [-0.25, -0.2) is 0 Å². The fourth-order valence-electron chi connectivity index (χ4n) is 3.08. The summed E-state index contributed by atoms with van der Waals surface area (Å²) in [7, 11) is 0. The van der Waals surface area contributed by atoms with Crippen molar-refractivity contribution in [2.24, 2.45) is 5.92 Å². The number of carbonyl (C=O) groups is 3. The Kier molecular flexibility index (Phi) is 6.80. The Balaban J connectivity index is 1.19. The maximum Gasteiger partial charge on any atom is 0.269 e. The van der Waals surface area contributed by atoms with Gasteiger partial charge in [-0.1, -0.05) is 30.3 Å². The van der Waals surface area contributed by atoms with E-state index < -0.39 is 11.8 Å². The molecule has 1 saturated carbocycles. The molecule has 3 aromatic carbocycles. The summed E-state index contributed by atoms with van der Waals surface area (Å²) in [6.07, 6.45) is 1.84. The summed E-state index contributed by atoms with van der Waals surface area (Å²) in [6.45, 7) is -0.234. The molecule has 0 radical (unpaired) electrons. The van der Waals surface area contributed by atoms with E-state index in [0.717, 1.165) is 23.6 Å².